The van der Waals surface area contributed by atoms with Crippen LogP contribution in [0.4, 0.5) is 10.1 Å². The quantitative estimate of drug-likeness (QED) is 0.209. The number of halogens is 1. The Balaban J connectivity index is 1.87. The Hall–Kier alpha value is -1.78. The lowest BCUT2D eigenvalue weighted by molar-refractivity contribution is -0.0156. The summed E-state index contributed by atoms with van der Waals surface area (Å²) in [4.78, 5) is 12.0. The average Bonchev–Trinajstić information content (AvgIpc) is 2.81. The minimum atomic E-state index is -0.478. The van der Waals surface area contributed by atoms with Crippen LogP contribution < -0.4 is 5.32 Å². The highest BCUT2D eigenvalue weighted by atomic mass is 19.1. The highest BCUT2D eigenvalue weighted by molar-refractivity contribution is 5.89. The van der Waals surface area contributed by atoms with Gasteiger partial charge in [0, 0.05) is 12.2 Å². The number of carbonyl (C=O) groups is 1. The summed E-state index contributed by atoms with van der Waals surface area (Å²) in [7, 11) is 0. The summed E-state index contributed by atoms with van der Waals surface area (Å²) in [5.74, 6) is -0.363. The fourth-order valence-electron chi connectivity index (χ4n) is 2.45. The Morgan fingerprint density at radius 3 is 1.69 bits per heavy atom. The van der Waals surface area contributed by atoms with Gasteiger partial charge in [-0.1, -0.05) is 13.3 Å². The van der Waals surface area contributed by atoms with E-state index in [4.69, 9.17) is 28.4 Å². The summed E-state index contributed by atoms with van der Waals surface area (Å²) in [5.41, 5.74) is 1.51. The highest BCUT2D eigenvalue weighted by Gasteiger charge is 2.06. The SMILES string of the molecule is CCCCNc1ccc(C(=O)OCCOCCOCCOCCOCCOCCF)cc1. The molecule has 0 bridgehead atoms. The van der Waals surface area contributed by atoms with E-state index in [0.29, 0.717) is 65.0 Å². The first-order valence-electron chi connectivity index (χ1n) is 11.2. The number of unbranched alkanes of at least 4 members (excludes halogenated alkanes) is 1. The van der Waals surface area contributed by atoms with E-state index >= 15 is 0 Å². The second-order valence-corrected chi connectivity index (χ2v) is 6.74. The van der Waals surface area contributed by atoms with Gasteiger partial charge in [-0.2, -0.15) is 0 Å². The van der Waals surface area contributed by atoms with Crippen LogP contribution in [0.1, 0.15) is 30.1 Å². The van der Waals surface area contributed by atoms with Gasteiger partial charge in [-0.05, 0) is 30.7 Å². The molecule has 32 heavy (non-hydrogen) atoms. The van der Waals surface area contributed by atoms with Crippen molar-refractivity contribution in [1.29, 1.82) is 0 Å². The van der Waals surface area contributed by atoms with Crippen molar-refractivity contribution in [3.63, 3.8) is 0 Å². The lowest BCUT2D eigenvalue weighted by Crippen LogP contribution is -2.15. The number of esters is 1. The molecule has 0 spiro atoms. The van der Waals surface area contributed by atoms with Crippen LogP contribution in [0.15, 0.2) is 24.3 Å². The molecule has 0 radical (unpaired) electrons. The Kier molecular flexibility index (Phi) is 18.6. The lowest BCUT2D eigenvalue weighted by Gasteiger charge is -2.09. The van der Waals surface area contributed by atoms with E-state index in [1.54, 1.807) is 12.1 Å². The molecule has 9 heteroatoms. The van der Waals surface area contributed by atoms with E-state index in [1.807, 2.05) is 12.1 Å². The van der Waals surface area contributed by atoms with Crippen molar-refractivity contribution in [3.05, 3.63) is 29.8 Å². The maximum Gasteiger partial charge on any atom is 0.338 e. The minimum absolute atomic E-state index is 0.109. The van der Waals surface area contributed by atoms with Gasteiger partial charge >= 0.3 is 5.97 Å². The second kappa shape index (κ2) is 21.1. The van der Waals surface area contributed by atoms with Gasteiger partial charge in [-0.3, -0.25) is 0 Å². The van der Waals surface area contributed by atoms with Crippen molar-refractivity contribution in [2.24, 2.45) is 0 Å². The van der Waals surface area contributed by atoms with Crippen molar-refractivity contribution < 1.29 is 37.6 Å². The third-order valence-electron chi connectivity index (χ3n) is 4.15. The molecule has 0 amide bonds. The largest absolute Gasteiger partial charge is 0.460 e. The van der Waals surface area contributed by atoms with Crippen molar-refractivity contribution in [2.45, 2.75) is 19.8 Å². The molecule has 0 saturated heterocycles. The Labute approximate surface area is 190 Å². The lowest BCUT2D eigenvalue weighted by atomic mass is 10.2. The first kappa shape index (κ1) is 28.3. The molecule has 0 heterocycles. The molecule has 0 atom stereocenters. The van der Waals surface area contributed by atoms with Crippen LogP contribution >= 0.6 is 0 Å². The average molecular weight is 460 g/mol. The smallest absolute Gasteiger partial charge is 0.338 e. The molecule has 0 aromatic heterocycles. The molecule has 184 valence electrons. The van der Waals surface area contributed by atoms with Crippen LogP contribution in [0, 0.1) is 0 Å². The molecule has 0 aliphatic rings. The minimum Gasteiger partial charge on any atom is -0.460 e. The fourth-order valence-corrected chi connectivity index (χ4v) is 2.45. The standard InChI is InChI=1S/C23H38FNO7/c1-2-3-9-25-22-6-4-21(5-7-22)23(26)32-20-19-31-18-17-30-16-15-29-14-13-28-12-11-27-10-8-24/h4-7,25H,2-3,8-20H2,1H3. The maximum atomic E-state index is 12.0. The summed E-state index contributed by atoms with van der Waals surface area (Å²) in [5, 5.41) is 3.30. The van der Waals surface area contributed by atoms with E-state index in [-0.39, 0.29) is 19.2 Å². The van der Waals surface area contributed by atoms with Gasteiger partial charge < -0.3 is 33.7 Å². The number of rotatable bonds is 22. The molecule has 1 aromatic rings. The normalized spacial score (nSPS) is 10.9. The molecule has 0 aliphatic heterocycles. The first-order chi connectivity index (χ1) is 15.8. The van der Waals surface area contributed by atoms with Crippen molar-refractivity contribution in [1.82, 2.24) is 0 Å². The predicted molar refractivity (Wildman–Crippen MR) is 120 cm³/mol. The van der Waals surface area contributed by atoms with E-state index in [2.05, 4.69) is 12.2 Å². The number of hydrogen-bond donors (Lipinski definition) is 1. The summed E-state index contributed by atoms with van der Waals surface area (Å²) in [6.45, 7) is 6.71. The summed E-state index contributed by atoms with van der Waals surface area (Å²) in [6, 6.07) is 7.26. The summed E-state index contributed by atoms with van der Waals surface area (Å²) < 4.78 is 43.3. The molecule has 8 nitrogen and oxygen atoms in total. The fraction of sp³-hybridized carbons (Fsp3) is 0.696. The zero-order valence-corrected chi connectivity index (χ0v) is 19.2. The monoisotopic (exact) mass is 459 g/mol. The van der Waals surface area contributed by atoms with Gasteiger partial charge in [0.25, 0.3) is 0 Å². The topological polar surface area (TPSA) is 84.5 Å². The van der Waals surface area contributed by atoms with Gasteiger partial charge in [0.1, 0.15) is 13.3 Å². The molecule has 0 fully saturated rings. The zero-order valence-electron chi connectivity index (χ0n) is 19.2. The van der Waals surface area contributed by atoms with Gasteiger partial charge in [0.15, 0.2) is 0 Å². The maximum absolute atomic E-state index is 12.0. The molecule has 1 aromatic carbocycles. The number of hydrogen-bond acceptors (Lipinski definition) is 8. The predicted octanol–water partition coefficient (Wildman–Crippen LogP) is 3.11. The van der Waals surface area contributed by atoms with E-state index in [9.17, 15) is 9.18 Å². The van der Waals surface area contributed by atoms with Gasteiger partial charge in [-0.15, -0.1) is 0 Å². The zero-order chi connectivity index (χ0) is 23.1. The molecule has 1 N–H and O–H groups in total. The van der Waals surface area contributed by atoms with Crippen molar-refractivity contribution >= 4 is 11.7 Å². The number of nitrogens with one attached hydrogen (secondary N) is 1. The molecule has 1 rings (SSSR count). The summed E-state index contributed by atoms with van der Waals surface area (Å²) in [6.07, 6.45) is 2.25. The third-order valence-corrected chi connectivity index (χ3v) is 4.15. The highest BCUT2D eigenvalue weighted by Crippen LogP contribution is 2.10. The van der Waals surface area contributed by atoms with Crippen LogP contribution in [0.5, 0.6) is 0 Å². The summed E-state index contributed by atoms with van der Waals surface area (Å²) >= 11 is 0. The number of ether oxygens (including phenoxy) is 6. The number of alkyl halides is 1. The Morgan fingerprint density at radius 2 is 1.22 bits per heavy atom. The van der Waals surface area contributed by atoms with Gasteiger partial charge in [0.2, 0.25) is 0 Å². The van der Waals surface area contributed by atoms with E-state index in [0.717, 1.165) is 25.1 Å². The molecular weight excluding hydrogens is 421 g/mol. The molecule has 0 saturated carbocycles. The number of anilines is 1. The van der Waals surface area contributed by atoms with Crippen LogP contribution in [0.25, 0.3) is 0 Å². The number of carbonyl (C=O) groups excluding carboxylic acids is 1. The van der Waals surface area contributed by atoms with Crippen LogP contribution in [0.3, 0.4) is 0 Å². The van der Waals surface area contributed by atoms with E-state index in [1.165, 1.54) is 0 Å². The third kappa shape index (κ3) is 15.9. The second-order valence-electron chi connectivity index (χ2n) is 6.74. The van der Waals surface area contributed by atoms with E-state index < -0.39 is 6.67 Å². The van der Waals surface area contributed by atoms with Gasteiger partial charge in [-0.25, -0.2) is 9.18 Å². The first-order valence-corrected chi connectivity index (χ1v) is 11.2. The number of benzene rings is 1. The Morgan fingerprint density at radius 1 is 0.750 bits per heavy atom. The van der Waals surface area contributed by atoms with Crippen LogP contribution in [-0.2, 0) is 28.4 Å². The van der Waals surface area contributed by atoms with Crippen molar-refractivity contribution in [2.75, 3.05) is 91.2 Å². The molecule has 0 unspecified atom stereocenters. The van der Waals surface area contributed by atoms with Crippen molar-refractivity contribution in [3.8, 4) is 0 Å². The molecular formula is C23H38FNO7. The van der Waals surface area contributed by atoms with Gasteiger partial charge in [0.05, 0.1) is 71.6 Å². The van der Waals surface area contributed by atoms with Crippen LogP contribution in [0.2, 0.25) is 0 Å². The van der Waals surface area contributed by atoms with Crippen LogP contribution in [-0.4, -0.2) is 91.9 Å². The molecule has 0 aliphatic carbocycles. The Bertz CT molecular complexity index is 560.